The summed E-state index contributed by atoms with van der Waals surface area (Å²) in [6.07, 6.45) is 30.6. The van der Waals surface area contributed by atoms with E-state index in [1.54, 1.807) is 6.92 Å². The summed E-state index contributed by atoms with van der Waals surface area (Å²) in [6, 6.07) is 15.3. The lowest BCUT2D eigenvalue weighted by Gasteiger charge is -2.29. The van der Waals surface area contributed by atoms with Gasteiger partial charge in [0.15, 0.2) is 0 Å². The van der Waals surface area contributed by atoms with E-state index in [9.17, 15) is 14.4 Å². The van der Waals surface area contributed by atoms with E-state index in [0.29, 0.717) is 44.2 Å². The maximum atomic E-state index is 13.3. The molecule has 1 aliphatic rings. The van der Waals surface area contributed by atoms with E-state index < -0.39 is 0 Å². The summed E-state index contributed by atoms with van der Waals surface area (Å²) in [7, 11) is 1.00. The van der Waals surface area contributed by atoms with E-state index in [4.69, 9.17) is 20.6 Å². The quantitative estimate of drug-likeness (QED) is 0.0680. The molecule has 0 aliphatic carbocycles. The number of nitrogens with zero attached hydrogens (tertiary/aromatic N) is 4. The second-order valence-electron chi connectivity index (χ2n) is 15.6. The Hall–Kier alpha value is -7.01. The van der Waals surface area contributed by atoms with E-state index >= 15 is 0 Å². The zero-order valence-corrected chi connectivity index (χ0v) is 40.9. The predicted octanol–water partition coefficient (Wildman–Crippen LogP) is 9.48. The number of amides is 3. The van der Waals surface area contributed by atoms with E-state index in [2.05, 4.69) is 150 Å². The van der Waals surface area contributed by atoms with Gasteiger partial charge in [0, 0.05) is 49.9 Å². The van der Waals surface area contributed by atoms with Crippen LogP contribution in [0.3, 0.4) is 0 Å². The number of hydrogen-bond donors (Lipinski definition) is 5. The van der Waals surface area contributed by atoms with Crippen molar-refractivity contribution < 1.29 is 24.2 Å². The topological polar surface area (TPSA) is 197 Å². The number of benzene rings is 3. The maximum Gasteiger partial charge on any atom is 0.223 e. The van der Waals surface area contributed by atoms with Crippen LogP contribution in [0.1, 0.15) is 118 Å². The lowest BCUT2D eigenvalue weighted by atomic mass is 9.92. The van der Waals surface area contributed by atoms with Crippen molar-refractivity contribution in [2.75, 3.05) is 7.11 Å². The fourth-order valence-corrected chi connectivity index (χ4v) is 6.83. The van der Waals surface area contributed by atoms with Crippen LogP contribution < -0.4 is 16.2 Å². The van der Waals surface area contributed by atoms with Gasteiger partial charge in [-0.3, -0.25) is 14.4 Å². The number of aromatic nitrogens is 4. The molecule has 0 fully saturated rings. The van der Waals surface area contributed by atoms with Crippen LogP contribution >= 0.6 is 0 Å². The maximum absolute atomic E-state index is 13.3. The Labute approximate surface area is 394 Å². The average molecular weight is 903 g/mol. The van der Waals surface area contributed by atoms with Crippen molar-refractivity contribution >= 4 is 39.5 Å². The number of nitrogens with two attached hydrogens (primary N) is 2. The number of terminal acetylenes is 3. The van der Waals surface area contributed by atoms with Crippen LogP contribution in [0.4, 0.5) is 0 Å². The molecule has 1 aliphatic heterocycles. The van der Waals surface area contributed by atoms with Gasteiger partial charge in [0.25, 0.3) is 0 Å². The first kappa shape index (κ1) is 59.0. The molecule has 0 saturated carbocycles. The number of fused-ring (bicyclic) bond motifs is 6. The van der Waals surface area contributed by atoms with Gasteiger partial charge in [-0.25, -0.2) is 9.97 Å². The summed E-state index contributed by atoms with van der Waals surface area (Å²) in [4.78, 5) is 55.9. The molecule has 3 amide bonds. The molecule has 5 aromatic rings. The third-order valence-electron chi connectivity index (χ3n) is 10.5. The standard InChI is InChI=1S/C41H52N6O3.C3H7N.C2H5NO.3C2H2.CH4O/c1-8-12-39(48)46(26(6)10-3)22-37-42-21-35(44-37)29-13-15-31-30(18-29)24-50-36-20-32-28(19-33(31)36)14-16-34-41(32)45-38(43-34)23-47(27(7)11-4)40(49)17-25(5)9-2;1-3(2)4;1-2(3)4;4*1-2/h13-16,18-21,25-27H,8-12,17,22-24H2,1-7H3,(H,42,44)(H,43,45);1,4H2,2H3;1H3,(H2,3,4);3*1-2H;2H,1H3/t25-,26-,27-;;;;;;/m0....../s1. The normalized spacial score (nSPS) is 11.7. The number of carbonyl (C=O) groups is 3. The first-order valence-electron chi connectivity index (χ1n) is 22.1. The molecule has 3 heterocycles. The molecule has 2 aromatic heterocycles. The van der Waals surface area contributed by atoms with Crippen molar-refractivity contribution in [1.82, 2.24) is 29.7 Å². The van der Waals surface area contributed by atoms with Crippen molar-refractivity contribution in [3.05, 3.63) is 78.1 Å². The highest BCUT2D eigenvalue weighted by Gasteiger charge is 2.25. The smallest absolute Gasteiger partial charge is 0.223 e. The lowest BCUT2D eigenvalue weighted by molar-refractivity contribution is -0.135. The SMILES string of the molecule is C#C.C#C.C#C.C=C(C)N.CC(N)=O.CCCC(=O)N(Cc1ncc(-c2ccc3c(c2)COc2cc4c(ccc5[nH]c(CN(C(=O)C[C@@H](C)CC)[C@@H](C)CC)nc54)cc2-3)[nH]1)[C@@H](C)CC.CO. The predicted molar refractivity (Wildman–Crippen MR) is 272 cm³/mol. The highest BCUT2D eigenvalue weighted by molar-refractivity contribution is 6.07. The van der Waals surface area contributed by atoms with Crippen LogP contribution in [0.2, 0.25) is 0 Å². The number of allylic oxidation sites excluding steroid dienone is 1. The van der Waals surface area contributed by atoms with Crippen molar-refractivity contribution in [2.45, 2.75) is 133 Å². The fourth-order valence-electron chi connectivity index (χ4n) is 6.83. The summed E-state index contributed by atoms with van der Waals surface area (Å²) >= 11 is 0. The number of imidazole rings is 2. The van der Waals surface area contributed by atoms with Crippen LogP contribution in [-0.4, -0.2) is 71.8 Å². The molecule has 0 bridgehead atoms. The molecule has 356 valence electrons. The number of H-pyrrole nitrogens is 2. The van der Waals surface area contributed by atoms with Gasteiger partial charge in [-0.2, -0.15) is 0 Å². The second kappa shape index (κ2) is 31.0. The van der Waals surface area contributed by atoms with Gasteiger partial charge in [-0.15, -0.1) is 38.5 Å². The van der Waals surface area contributed by atoms with Crippen LogP contribution in [0.5, 0.6) is 5.75 Å². The summed E-state index contributed by atoms with van der Waals surface area (Å²) in [5.74, 6) is 2.79. The molecule has 3 atom stereocenters. The Bertz CT molecular complexity index is 2320. The molecule has 0 saturated heterocycles. The molecular weight excluding hydrogens is 829 g/mol. The molecule has 7 N–H and O–H groups in total. The van der Waals surface area contributed by atoms with Crippen molar-refractivity contribution in [2.24, 2.45) is 17.4 Å². The molecule has 0 unspecified atom stereocenters. The Balaban J connectivity index is 0.00000234. The molecule has 13 nitrogen and oxygen atoms in total. The van der Waals surface area contributed by atoms with Gasteiger partial charge in [-0.1, -0.05) is 65.8 Å². The van der Waals surface area contributed by atoms with E-state index in [1.165, 1.54) is 6.92 Å². The number of primary amides is 1. The van der Waals surface area contributed by atoms with Crippen LogP contribution in [0.15, 0.2) is 60.9 Å². The molecule has 0 radical (unpaired) electrons. The Morgan fingerprint density at radius 2 is 1.36 bits per heavy atom. The van der Waals surface area contributed by atoms with Gasteiger partial charge < -0.3 is 41.1 Å². The first-order valence-corrected chi connectivity index (χ1v) is 22.1. The fraction of sp³-hybridized carbons (Fsp3) is 0.415. The number of ether oxygens (including phenoxy) is 1. The minimum Gasteiger partial charge on any atom is -0.488 e. The largest absolute Gasteiger partial charge is 0.488 e. The Morgan fingerprint density at radius 1 is 0.803 bits per heavy atom. The highest BCUT2D eigenvalue weighted by atomic mass is 16.5. The van der Waals surface area contributed by atoms with Crippen molar-refractivity contribution in [3.63, 3.8) is 0 Å². The number of hydrogen-bond acceptors (Lipinski definition) is 8. The van der Waals surface area contributed by atoms with Gasteiger partial charge in [0.2, 0.25) is 17.7 Å². The van der Waals surface area contributed by atoms with Gasteiger partial charge in [-0.05, 0) is 98.0 Å². The summed E-state index contributed by atoms with van der Waals surface area (Å²) in [5, 5.41) is 9.11. The zero-order chi connectivity index (χ0) is 50.7. The molecule has 3 aromatic carbocycles. The molecule has 6 rings (SSSR count). The number of nitrogens with one attached hydrogen (secondary N) is 2. The van der Waals surface area contributed by atoms with E-state index in [-0.39, 0.29) is 29.8 Å². The minimum atomic E-state index is -0.333. The zero-order valence-electron chi connectivity index (χ0n) is 40.9. The van der Waals surface area contributed by atoms with Gasteiger partial charge >= 0.3 is 0 Å². The average Bonchev–Trinajstić information content (AvgIpc) is 3.98. The number of rotatable bonds is 14. The number of aliphatic hydroxyl groups excluding tert-OH is 1. The summed E-state index contributed by atoms with van der Waals surface area (Å²) < 4.78 is 6.38. The van der Waals surface area contributed by atoms with E-state index in [0.717, 1.165) is 99.9 Å². The summed E-state index contributed by atoms with van der Waals surface area (Å²) in [5.41, 5.74) is 17.2. The molecular formula is C53H74N8O5. The van der Waals surface area contributed by atoms with Crippen LogP contribution in [0.25, 0.3) is 44.2 Å². The molecule has 66 heavy (non-hydrogen) atoms. The molecule has 13 heteroatoms. The highest BCUT2D eigenvalue weighted by Crippen LogP contribution is 2.42. The number of aromatic amines is 2. The third kappa shape index (κ3) is 17.2. The Kier molecular flexibility index (Phi) is 27.7. The monoisotopic (exact) mass is 903 g/mol. The molecule has 0 spiro atoms. The Morgan fingerprint density at radius 3 is 1.91 bits per heavy atom. The van der Waals surface area contributed by atoms with Gasteiger partial charge in [0.1, 0.15) is 24.0 Å². The van der Waals surface area contributed by atoms with Crippen LogP contribution in [0, 0.1) is 44.5 Å². The number of carbonyl (C=O) groups excluding carboxylic acids is 3. The van der Waals surface area contributed by atoms with Crippen molar-refractivity contribution in [1.29, 1.82) is 0 Å². The third-order valence-corrected chi connectivity index (χ3v) is 10.5. The van der Waals surface area contributed by atoms with Gasteiger partial charge in [0.05, 0.1) is 36.0 Å². The van der Waals surface area contributed by atoms with Crippen LogP contribution in [-0.2, 0) is 34.1 Å². The lowest BCUT2D eigenvalue weighted by Crippen LogP contribution is -2.38. The number of aliphatic hydroxyl groups is 1. The first-order chi connectivity index (χ1) is 31.6. The second-order valence-corrected chi connectivity index (χ2v) is 15.6. The van der Waals surface area contributed by atoms with E-state index in [1.807, 2.05) is 22.9 Å². The summed E-state index contributed by atoms with van der Waals surface area (Å²) in [6.45, 7) is 22.5. The van der Waals surface area contributed by atoms with Crippen molar-refractivity contribution in [3.8, 4) is 66.7 Å². The minimum absolute atomic E-state index is 0.133.